The Morgan fingerprint density at radius 1 is 1.03 bits per heavy atom. The van der Waals surface area contributed by atoms with Crippen LogP contribution in [-0.4, -0.2) is 9.13 Å². The van der Waals surface area contributed by atoms with Gasteiger partial charge in [0.2, 0.25) is 0 Å². The number of anilines is 3. The van der Waals surface area contributed by atoms with E-state index in [9.17, 15) is 9.59 Å². The van der Waals surface area contributed by atoms with Crippen molar-refractivity contribution in [3.8, 4) is 6.07 Å². The van der Waals surface area contributed by atoms with Gasteiger partial charge in [-0.2, -0.15) is 5.26 Å². The molecule has 1 heterocycles. The van der Waals surface area contributed by atoms with Crippen molar-refractivity contribution >= 4 is 17.2 Å². The van der Waals surface area contributed by atoms with E-state index in [4.69, 9.17) is 5.26 Å². The highest BCUT2D eigenvalue weighted by atomic mass is 16.2. The van der Waals surface area contributed by atoms with Crippen LogP contribution in [0.2, 0.25) is 0 Å². The highest BCUT2D eigenvalue weighted by molar-refractivity contribution is 5.66. The van der Waals surface area contributed by atoms with Crippen molar-refractivity contribution in [2.75, 3.05) is 16.2 Å². The molecule has 0 aliphatic heterocycles. The van der Waals surface area contributed by atoms with Crippen LogP contribution in [0.25, 0.3) is 0 Å². The molecule has 8 heteroatoms. The van der Waals surface area contributed by atoms with Gasteiger partial charge in [-0.05, 0) is 30.2 Å². The maximum Gasteiger partial charge on any atom is 0.332 e. The summed E-state index contributed by atoms with van der Waals surface area (Å²) in [4.78, 5) is 25.8. The molecule has 0 unspecified atom stereocenters. The van der Waals surface area contributed by atoms with E-state index in [0.717, 1.165) is 5.56 Å². The summed E-state index contributed by atoms with van der Waals surface area (Å²) in [5, 5.41) is 12.2. The van der Waals surface area contributed by atoms with E-state index >= 15 is 0 Å². The molecule has 0 fully saturated rings. The first kappa shape index (κ1) is 20.7. The lowest BCUT2D eigenvalue weighted by molar-refractivity contribution is 0.585. The zero-order valence-corrected chi connectivity index (χ0v) is 17.0. The van der Waals surface area contributed by atoms with Crippen LogP contribution in [0.3, 0.4) is 0 Å². The topological polar surface area (TPSA) is 104 Å². The van der Waals surface area contributed by atoms with E-state index < -0.39 is 5.69 Å². The predicted molar refractivity (Wildman–Crippen MR) is 118 cm³/mol. The average Bonchev–Trinajstić information content (AvgIpc) is 2.78. The molecule has 0 spiro atoms. The van der Waals surface area contributed by atoms with Gasteiger partial charge in [0.1, 0.15) is 5.69 Å². The second-order valence-electron chi connectivity index (χ2n) is 6.80. The fraction of sp³-hybridized carbons (Fsp3) is 0.227. The smallest absolute Gasteiger partial charge is 0.332 e. The number of nitrogens with one attached hydrogen (secondary N) is 3. The summed E-state index contributed by atoms with van der Waals surface area (Å²) >= 11 is 0. The molecule has 30 heavy (non-hydrogen) atoms. The quantitative estimate of drug-likeness (QED) is 0.499. The molecule has 3 N–H and O–H groups in total. The Morgan fingerprint density at radius 2 is 1.80 bits per heavy atom. The van der Waals surface area contributed by atoms with Crippen molar-refractivity contribution in [1.82, 2.24) is 9.13 Å². The zero-order valence-electron chi connectivity index (χ0n) is 17.0. The molecule has 0 saturated carbocycles. The number of aromatic nitrogens is 2. The molecule has 0 atom stereocenters. The third-order valence-electron chi connectivity index (χ3n) is 4.63. The second-order valence-corrected chi connectivity index (χ2v) is 6.80. The Hall–Kier alpha value is -3.99. The van der Waals surface area contributed by atoms with Crippen molar-refractivity contribution in [3.63, 3.8) is 0 Å². The van der Waals surface area contributed by atoms with Gasteiger partial charge in [-0.25, -0.2) is 4.79 Å². The maximum atomic E-state index is 13.1. The first-order chi connectivity index (χ1) is 14.5. The van der Waals surface area contributed by atoms with Crippen LogP contribution >= 0.6 is 0 Å². The Kier molecular flexibility index (Phi) is 6.55. The SMILES string of the molecule is CCCn1c(=O)c(NCc2ccccc2)c(NNc2cccc(C#N)c2)n(C)c1=O. The number of hydrogen-bond acceptors (Lipinski definition) is 6. The molecule has 0 aliphatic carbocycles. The summed E-state index contributed by atoms with van der Waals surface area (Å²) in [7, 11) is 1.61. The standard InChI is InChI=1S/C22H24N6O2/c1-3-12-28-21(29)19(24-15-16-8-5-4-6-9-16)20(27(2)22(28)30)26-25-18-11-7-10-17(13-18)14-23/h4-11,13,24-26H,3,12,15H2,1-2H3. The summed E-state index contributed by atoms with van der Waals surface area (Å²) in [6.45, 7) is 2.68. The molecule has 0 aliphatic rings. The fourth-order valence-electron chi connectivity index (χ4n) is 3.08. The summed E-state index contributed by atoms with van der Waals surface area (Å²) in [5.41, 5.74) is 7.58. The minimum Gasteiger partial charge on any atom is -0.373 e. The van der Waals surface area contributed by atoms with Gasteiger partial charge >= 0.3 is 5.69 Å². The Morgan fingerprint density at radius 3 is 2.50 bits per heavy atom. The van der Waals surface area contributed by atoms with Gasteiger partial charge in [0.25, 0.3) is 5.56 Å². The van der Waals surface area contributed by atoms with E-state index in [1.54, 1.807) is 31.3 Å². The third kappa shape index (κ3) is 4.52. The van der Waals surface area contributed by atoms with Crippen LogP contribution < -0.4 is 27.4 Å². The van der Waals surface area contributed by atoms with Crippen LogP contribution in [0.5, 0.6) is 0 Å². The van der Waals surface area contributed by atoms with Crippen LogP contribution in [0.4, 0.5) is 17.2 Å². The highest BCUT2D eigenvalue weighted by Crippen LogP contribution is 2.17. The normalized spacial score (nSPS) is 10.3. The van der Waals surface area contributed by atoms with E-state index in [0.29, 0.717) is 42.3 Å². The molecule has 1 aromatic heterocycles. The van der Waals surface area contributed by atoms with Crippen molar-refractivity contribution < 1.29 is 0 Å². The van der Waals surface area contributed by atoms with E-state index in [-0.39, 0.29) is 5.56 Å². The summed E-state index contributed by atoms with van der Waals surface area (Å²) in [5.74, 6) is 0.315. The van der Waals surface area contributed by atoms with Gasteiger partial charge < -0.3 is 5.32 Å². The first-order valence-electron chi connectivity index (χ1n) is 9.69. The van der Waals surface area contributed by atoms with Crippen molar-refractivity contribution in [3.05, 3.63) is 86.6 Å². The third-order valence-corrected chi connectivity index (χ3v) is 4.63. The molecule has 2 aromatic carbocycles. The summed E-state index contributed by atoms with van der Waals surface area (Å²) in [6, 6.07) is 18.7. The largest absolute Gasteiger partial charge is 0.373 e. The summed E-state index contributed by atoms with van der Waals surface area (Å²) < 4.78 is 2.63. The predicted octanol–water partition coefficient (Wildman–Crippen LogP) is 2.88. The number of benzene rings is 2. The van der Waals surface area contributed by atoms with Gasteiger partial charge in [-0.15, -0.1) is 0 Å². The number of hydrogen-bond donors (Lipinski definition) is 3. The molecule has 3 aromatic rings. The second kappa shape index (κ2) is 9.47. The lowest BCUT2D eigenvalue weighted by atomic mass is 10.2. The lowest BCUT2D eigenvalue weighted by Crippen LogP contribution is -2.41. The van der Waals surface area contributed by atoms with Gasteiger partial charge in [0.15, 0.2) is 5.82 Å². The molecule has 8 nitrogen and oxygen atoms in total. The monoisotopic (exact) mass is 404 g/mol. The van der Waals surface area contributed by atoms with Crippen LogP contribution in [0.15, 0.2) is 64.2 Å². The molecule has 0 radical (unpaired) electrons. The Bertz CT molecular complexity index is 1170. The van der Waals surface area contributed by atoms with E-state index in [1.165, 1.54) is 9.13 Å². The lowest BCUT2D eigenvalue weighted by Gasteiger charge is -2.19. The highest BCUT2D eigenvalue weighted by Gasteiger charge is 2.17. The van der Waals surface area contributed by atoms with E-state index in [1.807, 2.05) is 37.3 Å². The van der Waals surface area contributed by atoms with Gasteiger partial charge in [-0.1, -0.05) is 43.3 Å². The Labute approximate surface area is 174 Å². The van der Waals surface area contributed by atoms with Gasteiger partial charge in [0, 0.05) is 20.1 Å². The fourth-order valence-corrected chi connectivity index (χ4v) is 3.08. The van der Waals surface area contributed by atoms with Crippen LogP contribution in [-0.2, 0) is 20.1 Å². The first-order valence-corrected chi connectivity index (χ1v) is 9.69. The molecular formula is C22H24N6O2. The van der Waals surface area contributed by atoms with Crippen LogP contribution in [0.1, 0.15) is 24.5 Å². The molecule has 0 bridgehead atoms. The summed E-state index contributed by atoms with van der Waals surface area (Å²) in [6.07, 6.45) is 0.666. The van der Waals surface area contributed by atoms with Crippen LogP contribution in [0, 0.1) is 11.3 Å². The number of nitriles is 1. The number of nitrogens with zero attached hydrogens (tertiary/aromatic N) is 3. The van der Waals surface area contributed by atoms with E-state index in [2.05, 4.69) is 22.2 Å². The molecule has 154 valence electrons. The minimum atomic E-state index is -0.401. The molecule has 3 rings (SSSR count). The number of hydrazine groups is 1. The molecule has 0 amide bonds. The van der Waals surface area contributed by atoms with Crippen molar-refractivity contribution in [1.29, 1.82) is 5.26 Å². The zero-order chi connectivity index (χ0) is 21.5. The van der Waals surface area contributed by atoms with Gasteiger partial charge in [0.05, 0.1) is 17.3 Å². The maximum absolute atomic E-state index is 13.1. The molecular weight excluding hydrogens is 380 g/mol. The van der Waals surface area contributed by atoms with Crippen molar-refractivity contribution in [2.45, 2.75) is 26.4 Å². The Balaban J connectivity index is 1.97. The van der Waals surface area contributed by atoms with Crippen molar-refractivity contribution in [2.24, 2.45) is 7.05 Å². The van der Waals surface area contributed by atoms with Gasteiger partial charge in [-0.3, -0.25) is 24.8 Å². The number of rotatable bonds is 8. The minimum absolute atomic E-state index is 0.290. The average molecular weight is 404 g/mol. The molecule has 0 saturated heterocycles.